The molecule has 3 rings (SSSR count). The van der Waals surface area contributed by atoms with Crippen LogP contribution in [-0.4, -0.2) is 6.21 Å². The second-order valence-electron chi connectivity index (χ2n) is 4.51. The number of hydrogen-bond acceptors (Lipinski definition) is 2. The molecule has 0 radical (unpaired) electrons. The van der Waals surface area contributed by atoms with Gasteiger partial charge in [-0.1, -0.05) is 42.5 Å². The molecule has 0 amide bonds. The van der Waals surface area contributed by atoms with E-state index in [4.69, 9.17) is 0 Å². The van der Waals surface area contributed by atoms with Crippen molar-refractivity contribution in [1.82, 2.24) is 0 Å². The van der Waals surface area contributed by atoms with E-state index in [0.29, 0.717) is 0 Å². The fourth-order valence-corrected chi connectivity index (χ4v) is 4.71. The van der Waals surface area contributed by atoms with E-state index in [2.05, 4.69) is 4.76 Å². The van der Waals surface area contributed by atoms with Gasteiger partial charge in [0.1, 0.15) is 0 Å². The van der Waals surface area contributed by atoms with Crippen LogP contribution in [-0.2, 0) is 4.57 Å². The first kappa shape index (κ1) is 14.0. The molecule has 0 aliphatic rings. The first-order valence-electron chi connectivity index (χ1n) is 6.59. The van der Waals surface area contributed by atoms with E-state index in [9.17, 15) is 4.57 Å². The van der Waals surface area contributed by atoms with Crippen molar-refractivity contribution in [3.8, 4) is 0 Å². The smallest absolute Gasteiger partial charge is 0.247 e. The van der Waals surface area contributed by atoms with Gasteiger partial charge in [-0.3, -0.25) is 4.57 Å². The summed E-state index contributed by atoms with van der Waals surface area (Å²) in [6, 6.07) is 22.8. The number of hydrogen-bond donors (Lipinski definition) is 0. The van der Waals surface area contributed by atoms with E-state index in [1.807, 2.05) is 78.2 Å². The SMILES string of the molecule is O=P(/N=C/c1cccs1)(c1ccccc1)c1ccccc1. The lowest BCUT2D eigenvalue weighted by molar-refractivity contribution is 0.588. The third-order valence-corrected chi connectivity index (χ3v) is 6.35. The quantitative estimate of drug-likeness (QED) is 0.527. The summed E-state index contributed by atoms with van der Waals surface area (Å²) in [6.45, 7) is 0. The average molecular weight is 311 g/mol. The summed E-state index contributed by atoms with van der Waals surface area (Å²) in [5, 5.41) is 3.49. The van der Waals surface area contributed by atoms with E-state index in [1.165, 1.54) is 0 Å². The standard InChI is InChI=1S/C17H14NOPS/c19-20(15-8-3-1-4-9-15,16-10-5-2-6-11-16)18-14-17-12-7-13-21-17/h1-14H/b18-14+. The Morgan fingerprint density at radius 2 is 1.38 bits per heavy atom. The Bertz CT molecular complexity index is 724. The van der Waals surface area contributed by atoms with E-state index >= 15 is 0 Å². The number of nitrogens with zero attached hydrogens (tertiary/aromatic N) is 1. The molecule has 0 fully saturated rings. The summed E-state index contributed by atoms with van der Waals surface area (Å²) in [6.07, 6.45) is 1.71. The van der Waals surface area contributed by atoms with Gasteiger partial charge in [-0.2, -0.15) is 0 Å². The molecule has 2 nitrogen and oxygen atoms in total. The van der Waals surface area contributed by atoms with E-state index in [0.717, 1.165) is 15.5 Å². The summed E-state index contributed by atoms with van der Waals surface area (Å²) in [5.41, 5.74) is 0. The van der Waals surface area contributed by atoms with Gasteiger partial charge in [-0.15, -0.1) is 11.3 Å². The Labute approximate surface area is 128 Å². The molecular formula is C17H14NOPS. The lowest BCUT2D eigenvalue weighted by Crippen LogP contribution is -2.14. The van der Waals surface area contributed by atoms with Crippen molar-refractivity contribution in [3.05, 3.63) is 83.1 Å². The molecule has 1 aromatic heterocycles. The summed E-state index contributed by atoms with van der Waals surface area (Å²) in [4.78, 5) is 1.00. The van der Waals surface area contributed by atoms with Gasteiger partial charge in [0.05, 0.1) is 0 Å². The Hall–Kier alpha value is -1.96. The van der Waals surface area contributed by atoms with Crippen molar-refractivity contribution in [2.45, 2.75) is 0 Å². The largest absolute Gasteiger partial charge is 0.288 e. The van der Waals surface area contributed by atoms with Crippen LogP contribution in [0.4, 0.5) is 0 Å². The van der Waals surface area contributed by atoms with Gasteiger partial charge in [0, 0.05) is 21.7 Å². The van der Waals surface area contributed by atoms with Gasteiger partial charge >= 0.3 is 0 Å². The molecule has 0 saturated heterocycles. The minimum atomic E-state index is -2.99. The zero-order chi connectivity index (χ0) is 14.5. The van der Waals surface area contributed by atoms with Crippen molar-refractivity contribution in [2.75, 3.05) is 0 Å². The van der Waals surface area contributed by atoms with E-state index < -0.39 is 7.29 Å². The minimum absolute atomic E-state index is 0.754. The molecule has 0 aliphatic heterocycles. The lowest BCUT2D eigenvalue weighted by atomic mass is 10.4. The van der Waals surface area contributed by atoms with Crippen LogP contribution in [0.5, 0.6) is 0 Å². The molecule has 104 valence electrons. The summed E-state index contributed by atoms with van der Waals surface area (Å²) in [7, 11) is -2.99. The van der Waals surface area contributed by atoms with Gasteiger partial charge in [0.2, 0.25) is 7.29 Å². The Balaban J connectivity index is 2.10. The highest BCUT2D eigenvalue weighted by molar-refractivity contribution is 7.77. The molecule has 0 spiro atoms. The van der Waals surface area contributed by atoms with Crippen LogP contribution in [0.25, 0.3) is 0 Å². The third kappa shape index (κ3) is 3.05. The van der Waals surface area contributed by atoms with E-state index in [-0.39, 0.29) is 0 Å². The summed E-state index contributed by atoms with van der Waals surface area (Å²) in [5.74, 6) is 0. The molecule has 0 atom stereocenters. The molecule has 0 aliphatic carbocycles. The number of thiophene rings is 1. The van der Waals surface area contributed by atoms with Crippen LogP contribution in [0.2, 0.25) is 0 Å². The first-order chi connectivity index (χ1) is 10.3. The van der Waals surface area contributed by atoms with Crippen molar-refractivity contribution in [1.29, 1.82) is 0 Å². The van der Waals surface area contributed by atoms with Crippen molar-refractivity contribution in [3.63, 3.8) is 0 Å². The highest BCUT2D eigenvalue weighted by atomic mass is 32.1. The predicted molar refractivity (Wildman–Crippen MR) is 91.7 cm³/mol. The van der Waals surface area contributed by atoms with Gasteiger partial charge < -0.3 is 0 Å². The first-order valence-corrected chi connectivity index (χ1v) is 9.13. The van der Waals surface area contributed by atoms with Crippen LogP contribution >= 0.6 is 18.6 Å². The van der Waals surface area contributed by atoms with E-state index in [1.54, 1.807) is 17.6 Å². The number of rotatable bonds is 4. The topological polar surface area (TPSA) is 29.4 Å². The second kappa shape index (κ2) is 6.21. The molecule has 0 unspecified atom stereocenters. The zero-order valence-corrected chi connectivity index (χ0v) is 13.0. The van der Waals surface area contributed by atoms with Crippen molar-refractivity contribution >= 4 is 35.5 Å². The Morgan fingerprint density at radius 3 is 1.86 bits per heavy atom. The van der Waals surface area contributed by atoms with Gasteiger partial charge in [-0.25, -0.2) is 4.76 Å². The van der Waals surface area contributed by atoms with Crippen LogP contribution in [0.3, 0.4) is 0 Å². The molecule has 4 heteroatoms. The zero-order valence-electron chi connectivity index (χ0n) is 11.3. The summed E-state index contributed by atoms with van der Waals surface area (Å²) < 4.78 is 18.0. The molecule has 3 aromatic rings. The fourth-order valence-electron chi connectivity index (χ4n) is 2.05. The monoisotopic (exact) mass is 311 g/mol. The maximum Gasteiger partial charge on any atom is 0.247 e. The molecule has 0 N–H and O–H groups in total. The molecule has 1 heterocycles. The molecule has 21 heavy (non-hydrogen) atoms. The molecule has 2 aromatic carbocycles. The lowest BCUT2D eigenvalue weighted by Gasteiger charge is -2.14. The van der Waals surface area contributed by atoms with Crippen LogP contribution in [0, 0.1) is 0 Å². The van der Waals surface area contributed by atoms with Gasteiger partial charge in [-0.05, 0) is 35.7 Å². The average Bonchev–Trinajstić information content (AvgIpc) is 3.08. The predicted octanol–water partition coefficient (Wildman–Crippen LogP) is 4.10. The van der Waals surface area contributed by atoms with Gasteiger partial charge in [0.25, 0.3) is 0 Å². The molecule has 0 bridgehead atoms. The molecular weight excluding hydrogens is 297 g/mol. The Morgan fingerprint density at radius 1 is 0.810 bits per heavy atom. The van der Waals surface area contributed by atoms with Crippen LogP contribution < -0.4 is 10.6 Å². The molecule has 0 saturated carbocycles. The highest BCUT2D eigenvalue weighted by Gasteiger charge is 2.25. The highest BCUT2D eigenvalue weighted by Crippen LogP contribution is 2.44. The van der Waals surface area contributed by atoms with Crippen molar-refractivity contribution in [2.24, 2.45) is 4.76 Å². The van der Waals surface area contributed by atoms with Crippen molar-refractivity contribution < 1.29 is 4.57 Å². The van der Waals surface area contributed by atoms with Crippen LogP contribution in [0.1, 0.15) is 4.88 Å². The maximum absolute atomic E-state index is 13.5. The number of benzene rings is 2. The van der Waals surface area contributed by atoms with Gasteiger partial charge in [0.15, 0.2) is 0 Å². The third-order valence-electron chi connectivity index (χ3n) is 3.10. The Kier molecular flexibility index (Phi) is 4.14. The fraction of sp³-hybridized carbons (Fsp3) is 0. The second-order valence-corrected chi connectivity index (χ2v) is 7.90. The maximum atomic E-state index is 13.5. The minimum Gasteiger partial charge on any atom is -0.288 e. The summed E-state index contributed by atoms with van der Waals surface area (Å²) >= 11 is 1.58. The van der Waals surface area contributed by atoms with Crippen LogP contribution in [0.15, 0.2) is 82.9 Å². The normalized spacial score (nSPS) is 11.8.